The zero-order valence-corrected chi connectivity index (χ0v) is 18.9. The number of aromatic nitrogens is 4. The lowest BCUT2D eigenvalue weighted by Crippen LogP contribution is -2.37. The van der Waals surface area contributed by atoms with Gasteiger partial charge >= 0.3 is 0 Å². The molecule has 0 aliphatic heterocycles. The fraction of sp³-hybridized carbons (Fsp3) is 0.455. The van der Waals surface area contributed by atoms with Crippen LogP contribution in [0.5, 0.6) is 0 Å². The molecule has 32 heavy (non-hydrogen) atoms. The zero-order chi connectivity index (χ0) is 23.9. The van der Waals surface area contributed by atoms with Gasteiger partial charge in [0.2, 0.25) is 0 Å². The summed E-state index contributed by atoms with van der Waals surface area (Å²) in [5, 5.41) is 18.2. The summed E-state index contributed by atoms with van der Waals surface area (Å²) in [7, 11) is 0. The lowest BCUT2D eigenvalue weighted by atomic mass is 10.0. The van der Waals surface area contributed by atoms with Gasteiger partial charge in [0.25, 0.3) is 12.3 Å². The number of nitrogens with zero attached hydrogens (tertiary/aromatic N) is 5. The van der Waals surface area contributed by atoms with Crippen molar-refractivity contribution in [2.45, 2.75) is 53.1 Å². The normalized spacial score (nSPS) is 11.3. The molecule has 0 radical (unpaired) electrons. The summed E-state index contributed by atoms with van der Waals surface area (Å²) in [6.45, 7) is 8.05. The first-order chi connectivity index (χ1) is 15.2. The van der Waals surface area contributed by atoms with Crippen molar-refractivity contribution < 1.29 is 23.1 Å². The first-order valence-corrected chi connectivity index (χ1v) is 10.4. The van der Waals surface area contributed by atoms with E-state index >= 15 is 0 Å². The third kappa shape index (κ3) is 6.19. The number of amides is 1. The Morgan fingerprint density at radius 1 is 1.22 bits per heavy atom. The molecule has 0 saturated carbocycles. The number of alkyl halides is 2. The van der Waals surface area contributed by atoms with Gasteiger partial charge in [0.15, 0.2) is 5.89 Å². The first kappa shape index (κ1) is 25.1. The lowest BCUT2D eigenvalue weighted by molar-refractivity contribution is 0.0553. The first-order valence-electron chi connectivity index (χ1n) is 10.4. The molecule has 0 atom stereocenters. The van der Waals surface area contributed by atoms with Crippen molar-refractivity contribution in [3.63, 3.8) is 0 Å². The minimum absolute atomic E-state index is 0.0324. The van der Waals surface area contributed by atoms with Gasteiger partial charge in [0.05, 0.1) is 30.2 Å². The maximum Gasteiger partial charge on any atom is 0.256 e. The smallest absolute Gasteiger partial charge is 0.256 e. The highest BCUT2D eigenvalue weighted by Gasteiger charge is 2.26. The van der Waals surface area contributed by atoms with Crippen LogP contribution in [0.3, 0.4) is 0 Å². The van der Waals surface area contributed by atoms with Gasteiger partial charge in [-0.15, -0.1) is 0 Å². The molecule has 8 nitrogen and oxygen atoms in total. The average molecular weight is 450 g/mol. The highest BCUT2D eigenvalue weighted by molar-refractivity contribution is 5.97. The van der Waals surface area contributed by atoms with Crippen LogP contribution < -0.4 is 0 Å². The zero-order valence-electron chi connectivity index (χ0n) is 18.9. The molecule has 1 amide bonds. The molecule has 0 spiro atoms. The van der Waals surface area contributed by atoms with Crippen molar-refractivity contribution in [3.05, 3.63) is 59.6 Å². The molecule has 1 N–H and O–H groups in total. The number of hydrogen-bond donors (Lipinski definition) is 1. The number of aliphatic hydroxyl groups is 1. The van der Waals surface area contributed by atoms with Crippen LogP contribution in [0, 0.1) is 6.92 Å². The highest BCUT2D eigenvalue weighted by atomic mass is 19.3. The Hall–Kier alpha value is -3.14. The van der Waals surface area contributed by atoms with Gasteiger partial charge in [-0.1, -0.05) is 26.0 Å². The number of para-hydroxylation sites is 1. The molecule has 0 fully saturated rings. The molecular formula is C22H29F2N5O3. The third-order valence-corrected chi connectivity index (χ3v) is 4.43. The monoisotopic (exact) mass is 449 g/mol. The Kier molecular flexibility index (Phi) is 8.59. The number of oxazole rings is 1. The molecule has 174 valence electrons. The number of aryl methyl sites for hydroxylation is 1. The van der Waals surface area contributed by atoms with Gasteiger partial charge in [0, 0.05) is 13.0 Å². The Bertz CT molecular complexity index is 997. The van der Waals surface area contributed by atoms with E-state index in [2.05, 4.69) is 15.2 Å². The summed E-state index contributed by atoms with van der Waals surface area (Å²) in [4.78, 5) is 19.7. The van der Waals surface area contributed by atoms with Gasteiger partial charge in [-0.25, -0.2) is 13.8 Å². The van der Waals surface area contributed by atoms with E-state index in [4.69, 9.17) is 4.42 Å². The van der Waals surface area contributed by atoms with E-state index in [0.29, 0.717) is 17.1 Å². The molecule has 0 unspecified atom stereocenters. The Labute approximate surface area is 185 Å². The molecule has 0 saturated heterocycles. The van der Waals surface area contributed by atoms with Crippen molar-refractivity contribution in [3.8, 4) is 5.69 Å². The van der Waals surface area contributed by atoms with E-state index in [1.54, 1.807) is 45.0 Å². The van der Waals surface area contributed by atoms with Crippen LogP contribution in [-0.2, 0) is 12.0 Å². The molecule has 0 bridgehead atoms. The molecule has 1 aromatic carbocycles. The predicted molar refractivity (Wildman–Crippen MR) is 115 cm³/mol. The topological polar surface area (TPSA) is 97.3 Å². The molecular weight excluding hydrogens is 420 g/mol. The van der Waals surface area contributed by atoms with Gasteiger partial charge in [0.1, 0.15) is 17.1 Å². The Morgan fingerprint density at radius 2 is 1.84 bits per heavy atom. The van der Waals surface area contributed by atoms with Gasteiger partial charge in [-0.3, -0.25) is 4.79 Å². The summed E-state index contributed by atoms with van der Waals surface area (Å²) < 4.78 is 31.9. The van der Waals surface area contributed by atoms with E-state index < -0.39 is 24.5 Å². The molecule has 0 aliphatic rings. The minimum atomic E-state index is -2.71. The summed E-state index contributed by atoms with van der Waals surface area (Å²) in [6, 6.07) is 6.54. The molecule has 2 heterocycles. The number of rotatable bonds is 8. The maximum absolute atomic E-state index is 13.2. The summed E-state index contributed by atoms with van der Waals surface area (Å²) in [5.74, 6) is 0.132. The van der Waals surface area contributed by atoms with Crippen LogP contribution in [0.25, 0.3) is 5.69 Å². The predicted octanol–water partition coefficient (Wildman–Crippen LogP) is 3.77. The second-order valence-corrected chi connectivity index (χ2v) is 7.30. The quantitative estimate of drug-likeness (QED) is 0.562. The lowest BCUT2D eigenvalue weighted by Gasteiger charge is -2.22. The van der Waals surface area contributed by atoms with Crippen LogP contribution in [0.1, 0.15) is 55.4 Å². The minimum Gasteiger partial charge on any atom is -0.446 e. The van der Waals surface area contributed by atoms with Crippen molar-refractivity contribution in [1.82, 2.24) is 24.9 Å². The Balaban J connectivity index is 0.00000176. The van der Waals surface area contributed by atoms with E-state index in [9.17, 15) is 18.7 Å². The summed E-state index contributed by atoms with van der Waals surface area (Å²) in [6.07, 6.45) is 0.340. The van der Waals surface area contributed by atoms with Crippen molar-refractivity contribution in [2.24, 2.45) is 0 Å². The third-order valence-electron chi connectivity index (χ3n) is 4.43. The number of carbonyl (C=O) groups is 1. The molecule has 10 heteroatoms. The number of hydrogen-bond acceptors (Lipinski definition) is 6. The number of halogens is 2. The molecule has 3 rings (SSSR count). The largest absolute Gasteiger partial charge is 0.446 e. The molecule has 3 aromatic rings. The van der Waals surface area contributed by atoms with Crippen LogP contribution in [0.15, 0.2) is 41.1 Å². The maximum atomic E-state index is 13.2. The van der Waals surface area contributed by atoms with Crippen molar-refractivity contribution in [2.75, 3.05) is 13.1 Å². The molecule has 0 aliphatic carbocycles. The summed E-state index contributed by atoms with van der Waals surface area (Å²) in [5.41, 5.74) is -0.225. The average Bonchev–Trinajstić information content (AvgIpc) is 3.41. The number of benzene rings is 1. The van der Waals surface area contributed by atoms with Gasteiger partial charge < -0.3 is 14.4 Å². The van der Waals surface area contributed by atoms with Crippen LogP contribution >= 0.6 is 0 Å². The fourth-order valence-electron chi connectivity index (χ4n) is 3.14. The second kappa shape index (κ2) is 10.9. The van der Waals surface area contributed by atoms with Crippen LogP contribution in [-0.4, -0.2) is 55.4 Å². The van der Waals surface area contributed by atoms with E-state index in [-0.39, 0.29) is 24.4 Å². The summed E-state index contributed by atoms with van der Waals surface area (Å²) >= 11 is 0. The van der Waals surface area contributed by atoms with E-state index in [1.165, 1.54) is 17.2 Å². The van der Waals surface area contributed by atoms with Gasteiger partial charge in [-0.2, -0.15) is 15.0 Å². The van der Waals surface area contributed by atoms with Crippen LogP contribution in [0.4, 0.5) is 8.78 Å². The van der Waals surface area contributed by atoms with Crippen LogP contribution in [0.2, 0.25) is 0 Å². The Morgan fingerprint density at radius 3 is 2.41 bits per heavy atom. The van der Waals surface area contributed by atoms with E-state index in [1.807, 2.05) is 13.8 Å². The number of carbonyl (C=O) groups excluding carboxylic acids is 1. The standard InChI is InChI=1S/C20H23F2N5O3.C2H6/c1-13-18(20(2,3)29)25-17(30-13)8-11-26(12-16(21)22)19(28)14-6-4-5-7-15(14)27-23-9-10-24-27;1-2/h4-7,9-10,16,29H,8,11-12H2,1-3H3;1-2H3. The second-order valence-electron chi connectivity index (χ2n) is 7.30. The molecule has 2 aromatic heterocycles. The fourth-order valence-corrected chi connectivity index (χ4v) is 3.14. The van der Waals surface area contributed by atoms with Crippen molar-refractivity contribution >= 4 is 5.91 Å². The van der Waals surface area contributed by atoms with Gasteiger partial charge in [-0.05, 0) is 32.9 Å². The SMILES string of the molecule is CC.Cc1oc(CCN(CC(F)F)C(=O)c2ccccc2-n2nccn2)nc1C(C)(C)O. The van der Waals surface area contributed by atoms with E-state index in [0.717, 1.165) is 4.90 Å². The highest BCUT2D eigenvalue weighted by Crippen LogP contribution is 2.24. The van der Waals surface area contributed by atoms with Crippen molar-refractivity contribution in [1.29, 1.82) is 0 Å².